The summed E-state index contributed by atoms with van der Waals surface area (Å²) in [7, 11) is 0. The molecule has 0 aromatic heterocycles. The van der Waals surface area contributed by atoms with E-state index in [0.717, 1.165) is 0 Å². The predicted octanol–water partition coefficient (Wildman–Crippen LogP) is -0.414. The number of nitrogens with one attached hydrogen (secondary N) is 1. The number of hydrogen-bond acceptors (Lipinski definition) is 2. The molecule has 1 saturated heterocycles. The molecule has 2 N–H and O–H groups in total. The average Bonchev–Trinajstić information content (AvgIpc) is 1.66. The van der Waals surface area contributed by atoms with Crippen molar-refractivity contribution in [2.45, 2.75) is 12.0 Å². The highest BCUT2D eigenvalue weighted by Crippen LogP contribution is 2.24. The first-order valence-corrected chi connectivity index (χ1v) is 2.39. The standard InChI is InChI=1S/C4H7F2NO/c5-4(6)2-7-3(4)1-8/h3,7-8H,1-2H2. The molecule has 2 nitrogen and oxygen atoms in total. The quantitative estimate of drug-likeness (QED) is 0.496. The van der Waals surface area contributed by atoms with Crippen molar-refractivity contribution in [1.82, 2.24) is 5.32 Å². The van der Waals surface area contributed by atoms with Crippen molar-refractivity contribution in [1.29, 1.82) is 0 Å². The zero-order valence-electron chi connectivity index (χ0n) is 4.19. The van der Waals surface area contributed by atoms with Crippen molar-refractivity contribution in [3.05, 3.63) is 0 Å². The SMILES string of the molecule is OCC1NCC1(F)F. The highest BCUT2D eigenvalue weighted by Gasteiger charge is 2.47. The van der Waals surface area contributed by atoms with E-state index < -0.39 is 18.6 Å². The molecule has 1 fully saturated rings. The summed E-state index contributed by atoms with van der Waals surface area (Å²) >= 11 is 0. The van der Waals surface area contributed by atoms with Crippen LogP contribution in [0, 0.1) is 0 Å². The fraction of sp³-hybridized carbons (Fsp3) is 1.00. The van der Waals surface area contributed by atoms with E-state index in [2.05, 4.69) is 5.32 Å². The molecule has 1 atom stereocenters. The molecule has 48 valence electrons. The number of aliphatic hydroxyl groups is 1. The number of halogens is 2. The number of hydrogen-bond donors (Lipinski definition) is 2. The molecular weight excluding hydrogens is 116 g/mol. The minimum absolute atomic E-state index is 0.293. The van der Waals surface area contributed by atoms with Crippen LogP contribution in [0.3, 0.4) is 0 Å². The highest BCUT2D eigenvalue weighted by atomic mass is 19.3. The lowest BCUT2D eigenvalue weighted by molar-refractivity contribution is -0.109. The Morgan fingerprint density at radius 1 is 1.75 bits per heavy atom. The Morgan fingerprint density at radius 3 is 2.38 bits per heavy atom. The molecule has 1 rings (SSSR count). The molecule has 8 heavy (non-hydrogen) atoms. The summed E-state index contributed by atoms with van der Waals surface area (Å²) < 4.78 is 24.0. The largest absolute Gasteiger partial charge is 0.395 e. The van der Waals surface area contributed by atoms with Gasteiger partial charge in [-0.15, -0.1) is 0 Å². The van der Waals surface area contributed by atoms with Crippen molar-refractivity contribution >= 4 is 0 Å². The first-order valence-electron chi connectivity index (χ1n) is 2.39. The van der Waals surface area contributed by atoms with Crippen molar-refractivity contribution in [3.8, 4) is 0 Å². The van der Waals surface area contributed by atoms with Crippen LogP contribution in [-0.2, 0) is 0 Å². The second kappa shape index (κ2) is 1.63. The topological polar surface area (TPSA) is 32.3 Å². The maximum Gasteiger partial charge on any atom is 0.277 e. The Kier molecular flexibility index (Phi) is 1.21. The lowest BCUT2D eigenvalue weighted by Gasteiger charge is -2.36. The van der Waals surface area contributed by atoms with Gasteiger partial charge in [0.1, 0.15) is 0 Å². The molecule has 1 unspecified atom stereocenters. The first-order chi connectivity index (χ1) is 3.67. The molecule has 0 bridgehead atoms. The van der Waals surface area contributed by atoms with Gasteiger partial charge in [-0.25, -0.2) is 8.78 Å². The van der Waals surface area contributed by atoms with Crippen LogP contribution in [0.2, 0.25) is 0 Å². The zero-order chi connectivity index (χ0) is 6.20. The van der Waals surface area contributed by atoms with Gasteiger partial charge in [0.15, 0.2) is 0 Å². The Hall–Kier alpha value is -0.220. The normalized spacial score (nSPS) is 34.1. The average molecular weight is 123 g/mol. The summed E-state index contributed by atoms with van der Waals surface area (Å²) in [6, 6.07) is -0.998. The highest BCUT2D eigenvalue weighted by molar-refractivity contribution is 4.94. The van der Waals surface area contributed by atoms with Crippen LogP contribution in [0.5, 0.6) is 0 Å². The predicted molar refractivity (Wildman–Crippen MR) is 23.8 cm³/mol. The van der Waals surface area contributed by atoms with E-state index in [1.807, 2.05) is 0 Å². The third kappa shape index (κ3) is 0.695. The number of rotatable bonds is 1. The van der Waals surface area contributed by atoms with Gasteiger partial charge in [-0.1, -0.05) is 0 Å². The van der Waals surface area contributed by atoms with Gasteiger partial charge >= 0.3 is 0 Å². The Balaban J connectivity index is 2.37. The lowest BCUT2D eigenvalue weighted by Crippen LogP contribution is -2.64. The summed E-state index contributed by atoms with van der Waals surface area (Å²) in [6.45, 7) is -0.773. The Bertz CT molecular complexity index is 94.0. The van der Waals surface area contributed by atoms with Crippen molar-refractivity contribution in [3.63, 3.8) is 0 Å². The van der Waals surface area contributed by atoms with Gasteiger partial charge in [0, 0.05) is 0 Å². The molecule has 0 aliphatic carbocycles. The van der Waals surface area contributed by atoms with Crippen LogP contribution in [0.15, 0.2) is 0 Å². The van der Waals surface area contributed by atoms with Crippen LogP contribution in [0.25, 0.3) is 0 Å². The second-order valence-corrected chi connectivity index (χ2v) is 1.88. The summed E-state index contributed by atoms with van der Waals surface area (Å²) in [6.07, 6.45) is 0. The van der Waals surface area contributed by atoms with Crippen LogP contribution in [0.1, 0.15) is 0 Å². The smallest absolute Gasteiger partial charge is 0.277 e. The van der Waals surface area contributed by atoms with Crippen LogP contribution < -0.4 is 5.32 Å². The second-order valence-electron chi connectivity index (χ2n) is 1.88. The van der Waals surface area contributed by atoms with Crippen LogP contribution in [-0.4, -0.2) is 30.2 Å². The van der Waals surface area contributed by atoms with Gasteiger partial charge in [-0.2, -0.15) is 0 Å². The summed E-state index contributed by atoms with van der Waals surface area (Å²) in [5, 5.41) is 10.6. The molecular formula is C4H7F2NO. The van der Waals surface area contributed by atoms with E-state index in [9.17, 15) is 8.78 Å². The van der Waals surface area contributed by atoms with E-state index in [-0.39, 0.29) is 6.54 Å². The van der Waals surface area contributed by atoms with E-state index in [1.165, 1.54) is 0 Å². The van der Waals surface area contributed by atoms with Gasteiger partial charge in [-0.3, -0.25) is 0 Å². The van der Waals surface area contributed by atoms with E-state index in [4.69, 9.17) is 5.11 Å². The lowest BCUT2D eigenvalue weighted by atomic mass is 10.0. The van der Waals surface area contributed by atoms with E-state index in [0.29, 0.717) is 0 Å². The Labute approximate surface area is 45.5 Å². The van der Waals surface area contributed by atoms with Gasteiger partial charge in [-0.05, 0) is 0 Å². The minimum atomic E-state index is -2.67. The molecule has 1 aliphatic rings. The van der Waals surface area contributed by atoms with Gasteiger partial charge < -0.3 is 10.4 Å². The molecule has 0 aromatic rings. The van der Waals surface area contributed by atoms with Crippen LogP contribution >= 0.6 is 0 Å². The summed E-state index contributed by atoms with van der Waals surface area (Å²) in [5.41, 5.74) is 0. The number of alkyl halides is 2. The molecule has 0 radical (unpaired) electrons. The molecule has 1 heterocycles. The van der Waals surface area contributed by atoms with Crippen molar-refractivity contribution < 1.29 is 13.9 Å². The van der Waals surface area contributed by atoms with E-state index >= 15 is 0 Å². The molecule has 0 spiro atoms. The maximum absolute atomic E-state index is 12.0. The van der Waals surface area contributed by atoms with Gasteiger partial charge in [0.2, 0.25) is 0 Å². The van der Waals surface area contributed by atoms with E-state index in [1.54, 1.807) is 0 Å². The monoisotopic (exact) mass is 123 g/mol. The molecule has 0 amide bonds. The summed E-state index contributed by atoms with van der Waals surface area (Å²) in [4.78, 5) is 0. The van der Waals surface area contributed by atoms with Gasteiger partial charge in [0.25, 0.3) is 5.92 Å². The molecule has 1 aliphatic heterocycles. The molecule has 4 heteroatoms. The molecule has 0 aromatic carbocycles. The fourth-order valence-electron chi connectivity index (χ4n) is 0.599. The third-order valence-corrected chi connectivity index (χ3v) is 1.28. The number of aliphatic hydroxyl groups excluding tert-OH is 1. The van der Waals surface area contributed by atoms with Crippen molar-refractivity contribution in [2.24, 2.45) is 0 Å². The van der Waals surface area contributed by atoms with Crippen LogP contribution in [0.4, 0.5) is 8.78 Å². The fourth-order valence-corrected chi connectivity index (χ4v) is 0.599. The third-order valence-electron chi connectivity index (χ3n) is 1.28. The van der Waals surface area contributed by atoms with Gasteiger partial charge in [0.05, 0.1) is 19.2 Å². The molecule has 0 saturated carbocycles. The maximum atomic E-state index is 12.0. The Morgan fingerprint density at radius 2 is 2.38 bits per heavy atom. The minimum Gasteiger partial charge on any atom is -0.395 e. The van der Waals surface area contributed by atoms with Crippen molar-refractivity contribution in [2.75, 3.05) is 13.2 Å². The first kappa shape index (κ1) is 5.91. The summed E-state index contributed by atoms with van der Waals surface area (Å²) in [5.74, 6) is -2.67. The zero-order valence-corrected chi connectivity index (χ0v) is 4.19.